The highest BCUT2D eigenvalue weighted by atomic mass is 19.1. The molecule has 1 aliphatic carbocycles. The van der Waals surface area contributed by atoms with Gasteiger partial charge in [-0.25, -0.2) is 13.9 Å². The Morgan fingerprint density at radius 3 is 2.62 bits per heavy atom. The van der Waals surface area contributed by atoms with Gasteiger partial charge in [0.2, 0.25) is 0 Å². The van der Waals surface area contributed by atoms with E-state index < -0.39 is 0 Å². The zero-order valence-electron chi connectivity index (χ0n) is 18.3. The molecule has 2 N–H and O–H groups in total. The lowest BCUT2D eigenvalue weighted by molar-refractivity contribution is -0.00232. The summed E-state index contributed by atoms with van der Waals surface area (Å²) in [6, 6.07) is 7.07. The number of halogens is 1. The average molecular weight is 443 g/mol. The molecule has 5 rings (SSSR count). The fourth-order valence-electron chi connectivity index (χ4n) is 5.02. The van der Waals surface area contributed by atoms with Gasteiger partial charge in [0, 0.05) is 31.7 Å². The summed E-state index contributed by atoms with van der Waals surface area (Å²) in [6.45, 7) is 3.50. The number of benzene rings is 1. The number of carbonyl (C=O) groups is 1. The van der Waals surface area contributed by atoms with Gasteiger partial charge in [0.1, 0.15) is 17.6 Å². The summed E-state index contributed by atoms with van der Waals surface area (Å²) < 4.78 is 21.4. The number of hydrogen-bond donors (Lipinski definition) is 2. The number of nitrogens with one attached hydrogen (secondary N) is 2. The summed E-state index contributed by atoms with van der Waals surface area (Å²) in [5.41, 5.74) is 2.75. The Bertz CT molecular complexity index is 936. The van der Waals surface area contributed by atoms with Gasteiger partial charge in [-0.2, -0.15) is 0 Å². The maximum absolute atomic E-state index is 13.5. The van der Waals surface area contributed by atoms with Gasteiger partial charge >= 0.3 is 6.03 Å². The lowest BCUT2D eigenvalue weighted by Crippen LogP contribution is -2.49. The van der Waals surface area contributed by atoms with E-state index in [4.69, 9.17) is 4.74 Å². The van der Waals surface area contributed by atoms with E-state index in [1.165, 1.54) is 25.0 Å². The lowest BCUT2D eigenvalue weighted by Gasteiger charge is -2.32. The molecule has 2 aromatic rings. The maximum Gasteiger partial charge on any atom is 0.315 e. The van der Waals surface area contributed by atoms with E-state index in [1.807, 2.05) is 10.7 Å². The summed E-state index contributed by atoms with van der Waals surface area (Å²) >= 11 is 0. The van der Waals surface area contributed by atoms with Crippen molar-refractivity contribution in [3.8, 4) is 0 Å². The second-order valence-corrected chi connectivity index (χ2v) is 9.17. The zero-order chi connectivity index (χ0) is 21.9. The van der Waals surface area contributed by atoms with Crippen LogP contribution in [0.4, 0.5) is 9.18 Å². The molecule has 8 nitrogen and oxygen atoms in total. The van der Waals surface area contributed by atoms with Crippen LogP contribution in [0, 0.1) is 5.82 Å². The molecule has 2 fully saturated rings. The SMILES string of the molecule is O=C(NC1CCCC1)NC1CCN(Cc2nnn3c2CO[C@@H](c2cccc(F)c2)C3)CC1. The second kappa shape index (κ2) is 9.54. The third kappa shape index (κ3) is 4.94. The number of nitrogens with zero attached hydrogens (tertiary/aromatic N) is 4. The monoisotopic (exact) mass is 442 g/mol. The van der Waals surface area contributed by atoms with E-state index >= 15 is 0 Å². The Morgan fingerprint density at radius 1 is 1.12 bits per heavy atom. The fraction of sp³-hybridized carbons (Fsp3) is 0.609. The number of rotatable bonds is 5. The smallest absolute Gasteiger partial charge is 0.315 e. The minimum Gasteiger partial charge on any atom is -0.365 e. The van der Waals surface area contributed by atoms with Crippen LogP contribution in [-0.4, -0.2) is 51.1 Å². The van der Waals surface area contributed by atoms with Crippen LogP contribution in [0.3, 0.4) is 0 Å². The molecule has 2 amide bonds. The van der Waals surface area contributed by atoms with Crippen LogP contribution >= 0.6 is 0 Å². The lowest BCUT2D eigenvalue weighted by atomic mass is 10.0. The molecule has 0 bridgehead atoms. The van der Waals surface area contributed by atoms with Crippen LogP contribution in [0.25, 0.3) is 0 Å². The molecule has 1 aromatic heterocycles. The Balaban J connectivity index is 1.11. The summed E-state index contributed by atoms with van der Waals surface area (Å²) in [5, 5.41) is 15.0. The van der Waals surface area contributed by atoms with Gasteiger partial charge in [-0.1, -0.05) is 30.2 Å². The van der Waals surface area contributed by atoms with Crippen molar-refractivity contribution in [2.75, 3.05) is 13.1 Å². The van der Waals surface area contributed by atoms with Crippen molar-refractivity contribution < 1.29 is 13.9 Å². The first-order chi connectivity index (χ1) is 15.6. The molecule has 1 saturated carbocycles. The molecule has 172 valence electrons. The predicted molar refractivity (Wildman–Crippen MR) is 116 cm³/mol. The Labute approximate surface area is 187 Å². The topological polar surface area (TPSA) is 84.3 Å². The first-order valence-electron chi connectivity index (χ1n) is 11.7. The molecule has 2 aliphatic heterocycles. The summed E-state index contributed by atoms with van der Waals surface area (Å²) in [5.74, 6) is -0.259. The normalized spacial score (nSPS) is 22.6. The predicted octanol–water partition coefficient (Wildman–Crippen LogP) is 2.89. The van der Waals surface area contributed by atoms with Crippen molar-refractivity contribution >= 4 is 6.03 Å². The van der Waals surface area contributed by atoms with Crippen LogP contribution in [0.15, 0.2) is 24.3 Å². The van der Waals surface area contributed by atoms with Crippen molar-refractivity contribution in [1.82, 2.24) is 30.5 Å². The fourth-order valence-corrected chi connectivity index (χ4v) is 5.02. The first kappa shape index (κ1) is 21.3. The minimum atomic E-state index is -0.259. The zero-order valence-corrected chi connectivity index (χ0v) is 18.3. The number of ether oxygens (including phenoxy) is 1. The summed E-state index contributed by atoms with van der Waals surface area (Å²) in [7, 11) is 0. The van der Waals surface area contributed by atoms with E-state index in [1.54, 1.807) is 6.07 Å². The van der Waals surface area contributed by atoms with Crippen molar-refractivity contribution in [3.05, 3.63) is 47.0 Å². The van der Waals surface area contributed by atoms with E-state index in [0.29, 0.717) is 19.2 Å². The molecule has 1 aromatic carbocycles. The molecule has 0 unspecified atom stereocenters. The number of aromatic nitrogens is 3. The van der Waals surface area contributed by atoms with Crippen molar-refractivity contribution in [1.29, 1.82) is 0 Å². The van der Waals surface area contributed by atoms with Crippen LogP contribution in [0.5, 0.6) is 0 Å². The summed E-state index contributed by atoms with van der Waals surface area (Å²) in [4.78, 5) is 14.6. The number of carbonyl (C=O) groups excluding carboxylic acids is 1. The molecule has 0 spiro atoms. The average Bonchev–Trinajstić information content (AvgIpc) is 3.45. The molecule has 32 heavy (non-hydrogen) atoms. The number of amides is 2. The van der Waals surface area contributed by atoms with Crippen LogP contribution in [-0.2, 0) is 24.4 Å². The van der Waals surface area contributed by atoms with E-state index in [-0.39, 0.29) is 24.0 Å². The van der Waals surface area contributed by atoms with Gasteiger partial charge in [-0.15, -0.1) is 5.10 Å². The number of piperidine rings is 1. The molecule has 1 saturated heterocycles. The first-order valence-corrected chi connectivity index (χ1v) is 11.7. The second-order valence-electron chi connectivity index (χ2n) is 9.17. The molecule has 1 atom stereocenters. The van der Waals surface area contributed by atoms with Crippen LogP contribution in [0.2, 0.25) is 0 Å². The standard InChI is InChI=1S/C23H31FN6O2/c24-17-5-3-4-16(12-17)22-14-30-21(15-32-22)20(27-28-30)13-29-10-8-19(9-11-29)26-23(31)25-18-6-1-2-7-18/h3-5,12,18-19,22H,1-2,6-11,13-15H2,(H2,25,26,31)/t22-/m1/s1. The van der Waals surface area contributed by atoms with Gasteiger partial charge < -0.3 is 15.4 Å². The maximum atomic E-state index is 13.5. The molecular weight excluding hydrogens is 411 g/mol. The third-order valence-electron chi connectivity index (χ3n) is 6.89. The van der Waals surface area contributed by atoms with Crippen molar-refractivity contribution in [3.63, 3.8) is 0 Å². The molecule has 3 aliphatic rings. The number of hydrogen-bond acceptors (Lipinski definition) is 5. The van der Waals surface area contributed by atoms with Crippen molar-refractivity contribution in [2.45, 2.75) is 76.4 Å². The number of urea groups is 1. The summed E-state index contributed by atoms with van der Waals surface area (Å²) in [6.07, 6.45) is 6.27. The third-order valence-corrected chi connectivity index (χ3v) is 6.89. The molecule has 9 heteroatoms. The van der Waals surface area contributed by atoms with Gasteiger partial charge in [0.25, 0.3) is 0 Å². The Morgan fingerprint density at radius 2 is 1.88 bits per heavy atom. The van der Waals surface area contributed by atoms with Gasteiger partial charge in [0.15, 0.2) is 0 Å². The Hall–Kier alpha value is -2.52. The van der Waals surface area contributed by atoms with Crippen LogP contribution < -0.4 is 10.6 Å². The van der Waals surface area contributed by atoms with E-state index in [2.05, 4.69) is 25.8 Å². The van der Waals surface area contributed by atoms with Crippen LogP contribution in [0.1, 0.15) is 61.6 Å². The Kier molecular flexibility index (Phi) is 6.36. The largest absolute Gasteiger partial charge is 0.365 e. The minimum absolute atomic E-state index is 0.0206. The van der Waals surface area contributed by atoms with Gasteiger partial charge in [-0.05, 0) is 43.4 Å². The quantitative estimate of drug-likeness (QED) is 0.744. The van der Waals surface area contributed by atoms with E-state index in [9.17, 15) is 9.18 Å². The van der Waals surface area contributed by atoms with Crippen molar-refractivity contribution in [2.24, 2.45) is 0 Å². The highest BCUT2D eigenvalue weighted by Gasteiger charge is 2.28. The highest BCUT2D eigenvalue weighted by Crippen LogP contribution is 2.28. The number of fused-ring (bicyclic) bond motifs is 1. The molecule has 0 radical (unpaired) electrons. The van der Waals surface area contributed by atoms with E-state index in [0.717, 1.165) is 62.3 Å². The highest BCUT2D eigenvalue weighted by molar-refractivity contribution is 5.74. The molecule has 3 heterocycles. The van der Waals surface area contributed by atoms with Gasteiger partial charge in [-0.3, -0.25) is 4.90 Å². The van der Waals surface area contributed by atoms with Gasteiger partial charge in [0.05, 0.1) is 18.8 Å². The molecular formula is C23H31FN6O2. The number of likely N-dealkylation sites (tertiary alicyclic amines) is 1.